The minimum atomic E-state index is -0.938. The third-order valence-electron chi connectivity index (χ3n) is 0.742. The van der Waals surface area contributed by atoms with Gasteiger partial charge in [0.2, 0.25) is 0 Å². The van der Waals surface area contributed by atoms with Gasteiger partial charge in [0, 0.05) is 13.8 Å². The number of nitrogens with two attached hydrogens (primary N) is 2. The van der Waals surface area contributed by atoms with Gasteiger partial charge in [-0.25, -0.2) is 9.59 Å². The Morgan fingerprint density at radius 2 is 1.08 bits per heavy atom. The Hall–Kier alpha value is -1.92. The van der Waals surface area contributed by atoms with Crippen molar-refractivity contribution in [3.8, 4) is 0 Å². The van der Waals surface area contributed by atoms with Crippen LogP contribution < -0.4 is 16.8 Å². The normalized spacial score (nSPS) is 7.54. The summed E-state index contributed by atoms with van der Waals surface area (Å²) in [4.78, 5) is 38.8. The first-order valence-corrected chi connectivity index (χ1v) is 3.14. The molecule has 74 valence electrons. The zero-order valence-electron chi connectivity index (χ0n) is 7.29. The van der Waals surface area contributed by atoms with Crippen LogP contribution in [-0.2, 0) is 9.59 Å². The lowest BCUT2D eigenvalue weighted by Crippen LogP contribution is -2.38. The van der Waals surface area contributed by atoms with Crippen LogP contribution >= 0.6 is 0 Å². The number of nitrogens with one attached hydrogen (secondary N) is 1. The average Bonchev–Trinajstić information content (AvgIpc) is 1.84. The smallest absolute Gasteiger partial charge is 0.320 e. The Kier molecular flexibility index (Phi) is 7.11. The van der Waals surface area contributed by atoms with Crippen LogP contribution in [0.3, 0.4) is 0 Å². The summed E-state index contributed by atoms with van der Waals surface area (Å²) in [5, 5.41) is 1.58. The predicted molar refractivity (Wildman–Crippen MR) is 43.7 cm³/mol. The molecule has 0 saturated carbocycles. The molecule has 0 unspecified atom stereocenters. The molecule has 0 rings (SSSR count). The number of carbonyl (C=O) groups is 4. The highest BCUT2D eigenvalue weighted by Gasteiger charge is 1.94. The SMILES string of the molecule is CC(=O)C(C)=O.NC(=O)NC(N)=O. The zero-order valence-corrected chi connectivity index (χ0v) is 7.29. The molecule has 4 amide bonds. The summed E-state index contributed by atoms with van der Waals surface area (Å²) < 4.78 is 0. The summed E-state index contributed by atoms with van der Waals surface area (Å²) in [6, 6.07) is -1.88. The number of hydrogen-bond donors (Lipinski definition) is 3. The largest absolute Gasteiger partial charge is 0.351 e. The van der Waals surface area contributed by atoms with Gasteiger partial charge in [0.1, 0.15) is 0 Å². The second kappa shape index (κ2) is 6.77. The molecule has 0 fully saturated rings. The van der Waals surface area contributed by atoms with E-state index >= 15 is 0 Å². The van der Waals surface area contributed by atoms with E-state index in [1.165, 1.54) is 13.8 Å². The summed E-state index contributed by atoms with van der Waals surface area (Å²) in [5.74, 6) is -0.759. The van der Waals surface area contributed by atoms with Crippen molar-refractivity contribution in [2.45, 2.75) is 13.8 Å². The Bertz CT molecular complexity index is 212. The maximum absolute atomic E-state index is 9.79. The van der Waals surface area contributed by atoms with Crippen molar-refractivity contribution in [3.05, 3.63) is 0 Å². The van der Waals surface area contributed by atoms with E-state index in [1.807, 2.05) is 0 Å². The van der Waals surface area contributed by atoms with Gasteiger partial charge in [-0.15, -0.1) is 0 Å². The van der Waals surface area contributed by atoms with Crippen molar-refractivity contribution in [3.63, 3.8) is 0 Å². The van der Waals surface area contributed by atoms with Gasteiger partial charge < -0.3 is 11.5 Å². The molecule has 0 atom stereocenters. The summed E-state index contributed by atoms with van der Waals surface area (Å²) in [5.41, 5.74) is 8.88. The number of urea groups is 2. The van der Waals surface area contributed by atoms with Crippen molar-refractivity contribution in [1.29, 1.82) is 0 Å². The Labute approximate surface area is 74.4 Å². The van der Waals surface area contributed by atoms with Crippen LogP contribution in [0.5, 0.6) is 0 Å². The topological polar surface area (TPSA) is 132 Å². The lowest BCUT2D eigenvalue weighted by atomic mass is 10.3. The average molecular weight is 189 g/mol. The molecule has 0 aliphatic carbocycles. The van der Waals surface area contributed by atoms with Crippen LogP contribution in [0.2, 0.25) is 0 Å². The molecule has 0 radical (unpaired) electrons. The highest BCUT2D eigenvalue weighted by atomic mass is 16.2. The van der Waals surface area contributed by atoms with Crippen molar-refractivity contribution < 1.29 is 19.2 Å². The van der Waals surface area contributed by atoms with Crippen molar-refractivity contribution in [2.75, 3.05) is 0 Å². The third kappa shape index (κ3) is 17.8. The van der Waals surface area contributed by atoms with Crippen LogP contribution in [0.15, 0.2) is 0 Å². The fourth-order valence-corrected chi connectivity index (χ4v) is 0.121. The first kappa shape index (κ1) is 13.7. The van der Waals surface area contributed by atoms with Crippen LogP contribution in [0.25, 0.3) is 0 Å². The lowest BCUT2D eigenvalue weighted by Gasteiger charge is -1.88. The molecule has 0 aromatic rings. The number of imide groups is 1. The minimum Gasteiger partial charge on any atom is -0.351 e. The van der Waals surface area contributed by atoms with Crippen molar-refractivity contribution >= 4 is 23.6 Å². The van der Waals surface area contributed by atoms with Crippen molar-refractivity contribution in [2.24, 2.45) is 11.5 Å². The van der Waals surface area contributed by atoms with Gasteiger partial charge in [-0.05, 0) is 0 Å². The van der Waals surface area contributed by atoms with Crippen molar-refractivity contribution in [1.82, 2.24) is 5.32 Å². The highest BCUT2D eigenvalue weighted by Crippen LogP contribution is 1.66. The Morgan fingerprint density at radius 3 is 1.08 bits per heavy atom. The second-order valence-corrected chi connectivity index (χ2v) is 1.97. The van der Waals surface area contributed by atoms with E-state index in [1.54, 1.807) is 5.32 Å². The molecular weight excluding hydrogens is 178 g/mol. The van der Waals surface area contributed by atoms with Crippen LogP contribution in [0.4, 0.5) is 9.59 Å². The number of carbonyl (C=O) groups excluding carboxylic acids is 4. The van der Waals surface area contributed by atoms with E-state index in [-0.39, 0.29) is 11.6 Å². The fourth-order valence-electron chi connectivity index (χ4n) is 0.121. The molecule has 0 spiro atoms. The summed E-state index contributed by atoms with van der Waals surface area (Å²) in [6.45, 7) is 2.50. The van der Waals surface area contributed by atoms with Gasteiger partial charge >= 0.3 is 12.1 Å². The molecule has 0 aromatic carbocycles. The maximum Gasteiger partial charge on any atom is 0.320 e. The molecule has 0 heterocycles. The first-order valence-electron chi connectivity index (χ1n) is 3.14. The predicted octanol–water partition coefficient (Wildman–Crippen LogP) is -1.10. The van der Waals surface area contributed by atoms with E-state index in [9.17, 15) is 19.2 Å². The van der Waals surface area contributed by atoms with Crippen LogP contribution in [0, 0.1) is 0 Å². The van der Waals surface area contributed by atoms with E-state index < -0.39 is 12.1 Å². The van der Waals surface area contributed by atoms with E-state index in [2.05, 4.69) is 11.5 Å². The number of ketones is 2. The van der Waals surface area contributed by atoms with Gasteiger partial charge in [-0.3, -0.25) is 14.9 Å². The minimum absolute atomic E-state index is 0.380. The molecule has 0 aliphatic rings. The molecule has 13 heavy (non-hydrogen) atoms. The number of rotatable bonds is 1. The molecule has 7 heteroatoms. The van der Waals surface area contributed by atoms with Gasteiger partial charge in [0.05, 0.1) is 0 Å². The van der Waals surface area contributed by atoms with Gasteiger partial charge in [-0.1, -0.05) is 0 Å². The standard InChI is InChI=1S/C4H6O2.C2H5N3O2/c1-3(5)4(2)6;3-1(6)5-2(4)7/h1-2H3;(H5,3,4,5,6,7). The number of hydrogen-bond acceptors (Lipinski definition) is 4. The number of Topliss-reactive ketones (excluding diaryl/α,β-unsaturated/α-hetero) is 2. The van der Waals surface area contributed by atoms with Gasteiger partial charge in [-0.2, -0.15) is 0 Å². The molecular formula is C6H11N3O4. The first-order chi connectivity index (χ1) is 5.77. The molecule has 5 N–H and O–H groups in total. The lowest BCUT2D eigenvalue weighted by molar-refractivity contribution is -0.134. The van der Waals surface area contributed by atoms with Gasteiger partial charge in [0.15, 0.2) is 11.6 Å². The maximum atomic E-state index is 9.79. The highest BCUT2D eigenvalue weighted by molar-refractivity contribution is 6.35. The number of amides is 4. The summed E-state index contributed by atoms with van der Waals surface area (Å²) in [7, 11) is 0. The Balaban J connectivity index is 0. The molecule has 0 bridgehead atoms. The van der Waals surface area contributed by atoms with Gasteiger partial charge in [0.25, 0.3) is 0 Å². The fraction of sp³-hybridized carbons (Fsp3) is 0.333. The van der Waals surface area contributed by atoms with Crippen LogP contribution in [-0.4, -0.2) is 23.6 Å². The monoisotopic (exact) mass is 189 g/mol. The molecule has 0 aliphatic heterocycles. The van der Waals surface area contributed by atoms with E-state index in [0.717, 1.165) is 0 Å². The van der Waals surface area contributed by atoms with Crippen LogP contribution in [0.1, 0.15) is 13.8 Å². The molecule has 7 nitrogen and oxygen atoms in total. The summed E-state index contributed by atoms with van der Waals surface area (Å²) >= 11 is 0. The number of primary amides is 2. The molecule has 0 aromatic heterocycles. The van der Waals surface area contributed by atoms with E-state index in [0.29, 0.717) is 0 Å². The molecule has 0 saturated heterocycles. The Morgan fingerprint density at radius 1 is 0.846 bits per heavy atom. The summed E-state index contributed by atoms with van der Waals surface area (Å²) in [6.07, 6.45) is 0. The quantitative estimate of drug-likeness (QED) is 0.451. The second-order valence-electron chi connectivity index (χ2n) is 1.97. The zero-order chi connectivity index (χ0) is 11.0. The third-order valence-corrected chi connectivity index (χ3v) is 0.742. The van der Waals surface area contributed by atoms with E-state index in [4.69, 9.17) is 0 Å².